The van der Waals surface area contributed by atoms with E-state index in [2.05, 4.69) is 4.74 Å². The zero-order valence-corrected chi connectivity index (χ0v) is 13.5. The number of halogens is 3. The summed E-state index contributed by atoms with van der Waals surface area (Å²) in [5.41, 5.74) is -0.741. The monoisotopic (exact) mass is 375 g/mol. The van der Waals surface area contributed by atoms with Gasteiger partial charge in [0.1, 0.15) is 0 Å². The van der Waals surface area contributed by atoms with Gasteiger partial charge in [0, 0.05) is 37.4 Å². The fraction of sp³-hybridized carbons (Fsp3) is 0.917. The molecule has 2 heterocycles. The van der Waals surface area contributed by atoms with Gasteiger partial charge in [-0.25, -0.2) is 9.10 Å². The molecule has 24 heavy (non-hydrogen) atoms. The first-order valence-corrected chi connectivity index (χ1v) is 8.31. The molecule has 0 saturated carbocycles. The molecule has 2 aliphatic heterocycles. The quantitative estimate of drug-likeness (QED) is 0.697. The molecule has 2 rings (SSSR count). The first-order valence-electron chi connectivity index (χ1n) is 7.28. The number of alkyl halides is 3. The Morgan fingerprint density at radius 3 is 2.50 bits per heavy atom. The molecule has 1 spiro atoms. The van der Waals surface area contributed by atoms with E-state index < -0.39 is 41.8 Å². The molecule has 2 atom stereocenters. The Labute approximate surface area is 138 Å². The number of likely N-dealkylation sites (tertiary alicyclic amines) is 1. The minimum atomic E-state index is -4.84. The van der Waals surface area contributed by atoms with Crippen molar-refractivity contribution in [3.05, 3.63) is 0 Å². The Balaban J connectivity index is 1.90. The van der Waals surface area contributed by atoms with Crippen molar-refractivity contribution in [1.82, 2.24) is 9.21 Å². The highest BCUT2D eigenvalue weighted by Crippen LogP contribution is 2.31. The lowest BCUT2D eigenvalue weighted by Crippen LogP contribution is -2.58. The van der Waals surface area contributed by atoms with Crippen molar-refractivity contribution in [2.75, 3.05) is 39.4 Å². The third-order valence-electron chi connectivity index (χ3n) is 4.13. The van der Waals surface area contributed by atoms with E-state index in [9.17, 15) is 26.7 Å². The number of carbonyl (C=O) groups excluding carboxylic acids is 1. The number of ether oxygens (including phenoxy) is 2. The highest BCUT2D eigenvalue weighted by molar-refractivity contribution is 7.76. The lowest BCUT2D eigenvalue weighted by atomic mass is 9.90. The maximum Gasteiger partial charge on any atom is 0.427 e. The van der Waals surface area contributed by atoms with Crippen LogP contribution in [0.2, 0.25) is 0 Å². The molecule has 12 heteroatoms. The molecular formula is C12H18F3N2O6S-. The standard InChI is InChI=1S/C12H19F3N2O6S/c13-12(14,15)9(7-18)23-10(19)16-3-1-11(2-4-16)8-17(24(20)21)5-6-22-11/h9,18H,1-8H2,(H,20,21)/p-1/t9-/m1/s1. The molecule has 1 unspecified atom stereocenters. The van der Waals surface area contributed by atoms with Crippen molar-refractivity contribution in [1.29, 1.82) is 0 Å². The van der Waals surface area contributed by atoms with Gasteiger partial charge < -0.3 is 24.0 Å². The summed E-state index contributed by atoms with van der Waals surface area (Å²) in [6.45, 7) is -0.580. The van der Waals surface area contributed by atoms with Gasteiger partial charge >= 0.3 is 12.3 Å². The number of piperidine rings is 1. The molecule has 0 bridgehead atoms. The van der Waals surface area contributed by atoms with Crippen LogP contribution in [0.4, 0.5) is 18.0 Å². The normalized spacial score (nSPS) is 24.6. The second kappa shape index (κ2) is 7.52. The summed E-state index contributed by atoms with van der Waals surface area (Å²) in [6, 6.07) is 0. The largest absolute Gasteiger partial charge is 0.760 e. The number of carbonyl (C=O) groups is 1. The third kappa shape index (κ3) is 4.57. The Kier molecular flexibility index (Phi) is 6.07. The number of rotatable bonds is 3. The molecule has 0 aliphatic carbocycles. The highest BCUT2D eigenvalue weighted by atomic mass is 32.2. The first kappa shape index (κ1) is 19.4. The van der Waals surface area contributed by atoms with E-state index in [-0.39, 0.29) is 45.6 Å². The number of amides is 1. The van der Waals surface area contributed by atoms with E-state index in [0.29, 0.717) is 0 Å². The Bertz CT molecular complexity index is 484. The minimum Gasteiger partial charge on any atom is -0.760 e. The molecule has 0 aromatic carbocycles. The maximum atomic E-state index is 12.5. The second-order valence-corrected chi connectivity index (χ2v) is 6.65. The average Bonchev–Trinajstić information content (AvgIpc) is 2.52. The SMILES string of the molecule is O=C(O[C@H](CO)C(F)(F)F)N1CCC2(CC1)CN(S(=O)[O-])CCO2. The van der Waals surface area contributed by atoms with Gasteiger partial charge in [0.05, 0.1) is 18.8 Å². The summed E-state index contributed by atoms with van der Waals surface area (Å²) >= 11 is -2.37. The van der Waals surface area contributed by atoms with Crippen LogP contribution in [-0.4, -0.2) is 86.4 Å². The molecule has 2 saturated heterocycles. The predicted molar refractivity (Wildman–Crippen MR) is 73.4 cm³/mol. The van der Waals surface area contributed by atoms with Gasteiger partial charge in [0.15, 0.2) is 0 Å². The maximum absolute atomic E-state index is 12.5. The van der Waals surface area contributed by atoms with Crippen molar-refractivity contribution in [2.24, 2.45) is 0 Å². The fourth-order valence-corrected chi connectivity index (χ4v) is 3.30. The van der Waals surface area contributed by atoms with Gasteiger partial charge in [-0.05, 0) is 12.8 Å². The van der Waals surface area contributed by atoms with Crippen molar-refractivity contribution in [2.45, 2.75) is 30.7 Å². The number of morpholine rings is 1. The molecule has 0 radical (unpaired) electrons. The predicted octanol–water partition coefficient (Wildman–Crippen LogP) is 0.00710. The molecule has 2 aliphatic rings. The van der Waals surface area contributed by atoms with Crippen LogP contribution in [0.1, 0.15) is 12.8 Å². The second-order valence-electron chi connectivity index (χ2n) is 5.70. The van der Waals surface area contributed by atoms with Crippen LogP contribution in [0.25, 0.3) is 0 Å². The summed E-state index contributed by atoms with van der Waals surface area (Å²) in [7, 11) is 0. The fourth-order valence-electron chi connectivity index (χ4n) is 2.74. The number of hydrogen-bond donors (Lipinski definition) is 1. The zero-order chi connectivity index (χ0) is 18.0. The third-order valence-corrected chi connectivity index (χ3v) is 4.86. The zero-order valence-electron chi connectivity index (χ0n) is 12.7. The molecule has 1 N–H and O–H groups in total. The van der Waals surface area contributed by atoms with E-state index in [0.717, 1.165) is 4.90 Å². The molecular weight excluding hydrogens is 357 g/mol. The summed E-state index contributed by atoms with van der Waals surface area (Å²) in [4.78, 5) is 12.9. The van der Waals surface area contributed by atoms with Crippen LogP contribution in [0, 0.1) is 0 Å². The summed E-state index contributed by atoms with van der Waals surface area (Å²) in [6.07, 6.45) is -8.00. The van der Waals surface area contributed by atoms with Crippen LogP contribution < -0.4 is 0 Å². The van der Waals surface area contributed by atoms with Crippen molar-refractivity contribution >= 4 is 17.4 Å². The minimum absolute atomic E-state index is 0.0776. The Morgan fingerprint density at radius 1 is 1.38 bits per heavy atom. The van der Waals surface area contributed by atoms with E-state index in [4.69, 9.17) is 9.84 Å². The number of hydrogen-bond acceptors (Lipinski definition) is 6. The lowest BCUT2D eigenvalue weighted by Gasteiger charge is -2.47. The van der Waals surface area contributed by atoms with E-state index in [1.807, 2.05) is 0 Å². The van der Waals surface area contributed by atoms with Gasteiger partial charge in [-0.1, -0.05) is 0 Å². The Morgan fingerprint density at radius 2 is 2.00 bits per heavy atom. The van der Waals surface area contributed by atoms with Gasteiger partial charge in [0.25, 0.3) is 0 Å². The van der Waals surface area contributed by atoms with E-state index in [1.54, 1.807) is 0 Å². The van der Waals surface area contributed by atoms with Crippen LogP contribution >= 0.6 is 0 Å². The topological polar surface area (TPSA) is 102 Å². The first-order chi connectivity index (χ1) is 11.2. The molecule has 140 valence electrons. The van der Waals surface area contributed by atoms with Crippen LogP contribution in [0.5, 0.6) is 0 Å². The summed E-state index contributed by atoms with van der Waals surface area (Å²) in [5, 5.41) is 8.69. The molecule has 0 aromatic heterocycles. The molecule has 1 amide bonds. The number of aliphatic hydroxyl groups excluding tert-OH is 1. The van der Waals surface area contributed by atoms with Gasteiger partial charge in [-0.2, -0.15) is 13.2 Å². The van der Waals surface area contributed by atoms with Crippen LogP contribution in [-0.2, 0) is 20.7 Å². The van der Waals surface area contributed by atoms with Crippen molar-refractivity contribution in [3.63, 3.8) is 0 Å². The average molecular weight is 375 g/mol. The van der Waals surface area contributed by atoms with Gasteiger partial charge in [-0.15, -0.1) is 0 Å². The van der Waals surface area contributed by atoms with E-state index >= 15 is 0 Å². The van der Waals surface area contributed by atoms with Gasteiger partial charge in [-0.3, -0.25) is 4.21 Å². The van der Waals surface area contributed by atoms with Crippen molar-refractivity contribution < 1.29 is 41.3 Å². The Hall–Kier alpha value is -0.950. The van der Waals surface area contributed by atoms with E-state index in [1.165, 1.54) is 4.31 Å². The van der Waals surface area contributed by atoms with Crippen molar-refractivity contribution in [3.8, 4) is 0 Å². The summed E-state index contributed by atoms with van der Waals surface area (Å²) in [5.74, 6) is 0. The smallest absolute Gasteiger partial charge is 0.427 e. The summed E-state index contributed by atoms with van der Waals surface area (Å²) < 4.78 is 70.8. The number of aliphatic hydroxyl groups is 1. The molecule has 8 nitrogen and oxygen atoms in total. The molecule has 2 fully saturated rings. The van der Waals surface area contributed by atoms with Crippen LogP contribution in [0.15, 0.2) is 0 Å². The lowest BCUT2D eigenvalue weighted by molar-refractivity contribution is -0.215. The molecule has 0 aromatic rings. The van der Waals surface area contributed by atoms with Gasteiger partial charge in [0.2, 0.25) is 6.10 Å². The highest BCUT2D eigenvalue weighted by Gasteiger charge is 2.45. The van der Waals surface area contributed by atoms with Crippen LogP contribution in [0.3, 0.4) is 0 Å². The number of nitrogens with zero attached hydrogens (tertiary/aromatic N) is 2.